The van der Waals surface area contributed by atoms with Crippen LogP contribution < -0.4 is 10.6 Å². The molecular weight excluding hydrogens is 219 g/mol. The van der Waals surface area contributed by atoms with Gasteiger partial charge in [-0.05, 0) is 24.3 Å². The summed E-state index contributed by atoms with van der Waals surface area (Å²) in [6, 6.07) is 10.1. The lowest BCUT2D eigenvalue weighted by Crippen LogP contribution is -2.30. The van der Waals surface area contributed by atoms with E-state index in [0.29, 0.717) is 12.2 Å². The highest BCUT2D eigenvalue weighted by Gasteiger charge is 2.20. The van der Waals surface area contributed by atoms with Gasteiger partial charge in [-0.3, -0.25) is 0 Å². The van der Waals surface area contributed by atoms with E-state index in [1.54, 1.807) is 42.5 Å². The van der Waals surface area contributed by atoms with E-state index in [1.807, 2.05) is 6.07 Å². The number of halogens is 1. The van der Waals surface area contributed by atoms with Gasteiger partial charge < -0.3 is 15.1 Å². The van der Waals surface area contributed by atoms with Crippen molar-refractivity contribution < 1.29 is 8.81 Å². The summed E-state index contributed by atoms with van der Waals surface area (Å²) >= 11 is 0. The van der Waals surface area contributed by atoms with E-state index in [4.69, 9.17) is 10.2 Å². The van der Waals surface area contributed by atoms with Crippen molar-refractivity contribution in [2.24, 2.45) is 5.73 Å². The summed E-state index contributed by atoms with van der Waals surface area (Å²) in [7, 11) is 1.80. The van der Waals surface area contributed by atoms with E-state index < -0.39 is 0 Å². The quantitative estimate of drug-likeness (QED) is 0.884. The number of para-hydroxylation sites is 1. The summed E-state index contributed by atoms with van der Waals surface area (Å²) in [5.74, 6) is 0.471. The Balaban J connectivity index is 2.30. The number of hydrogen-bond donors (Lipinski definition) is 1. The van der Waals surface area contributed by atoms with E-state index in [2.05, 4.69) is 0 Å². The van der Waals surface area contributed by atoms with Gasteiger partial charge in [0, 0.05) is 13.6 Å². The maximum atomic E-state index is 13.7. The number of anilines is 1. The highest BCUT2D eigenvalue weighted by molar-refractivity contribution is 5.48. The summed E-state index contributed by atoms with van der Waals surface area (Å²) in [5.41, 5.74) is 6.24. The molecule has 1 atom stereocenters. The monoisotopic (exact) mass is 234 g/mol. The molecule has 1 unspecified atom stereocenters. The predicted octanol–water partition coefficient (Wildman–Crippen LogP) is 2.55. The van der Waals surface area contributed by atoms with Gasteiger partial charge in [0.15, 0.2) is 0 Å². The van der Waals surface area contributed by atoms with Crippen LogP contribution in [0.4, 0.5) is 10.1 Å². The highest BCUT2D eigenvalue weighted by atomic mass is 19.1. The molecule has 4 heteroatoms. The first-order chi connectivity index (χ1) is 8.24. The number of furan rings is 1. The molecule has 0 bridgehead atoms. The minimum atomic E-state index is -0.264. The topological polar surface area (TPSA) is 42.4 Å². The first kappa shape index (κ1) is 11.7. The molecule has 2 rings (SSSR count). The van der Waals surface area contributed by atoms with Crippen LogP contribution in [0.3, 0.4) is 0 Å². The molecule has 1 aromatic carbocycles. The molecule has 90 valence electrons. The third-order valence-corrected chi connectivity index (χ3v) is 2.79. The molecule has 3 nitrogen and oxygen atoms in total. The Labute approximate surface area is 99.6 Å². The van der Waals surface area contributed by atoms with Crippen LogP contribution in [0.2, 0.25) is 0 Å². The van der Waals surface area contributed by atoms with Crippen molar-refractivity contribution in [3.63, 3.8) is 0 Å². The first-order valence-electron chi connectivity index (χ1n) is 5.45. The molecule has 0 aliphatic heterocycles. The van der Waals surface area contributed by atoms with E-state index >= 15 is 0 Å². The lowest BCUT2D eigenvalue weighted by Gasteiger charge is -2.27. The molecule has 0 amide bonds. The number of likely N-dealkylation sites (N-methyl/N-ethyl adjacent to an activating group) is 1. The Morgan fingerprint density at radius 2 is 2.06 bits per heavy atom. The maximum absolute atomic E-state index is 13.7. The molecule has 0 aliphatic rings. The van der Waals surface area contributed by atoms with Crippen molar-refractivity contribution >= 4 is 5.69 Å². The van der Waals surface area contributed by atoms with Gasteiger partial charge >= 0.3 is 0 Å². The van der Waals surface area contributed by atoms with Gasteiger partial charge in [-0.15, -0.1) is 0 Å². The molecule has 0 saturated heterocycles. The van der Waals surface area contributed by atoms with Crippen LogP contribution in [-0.2, 0) is 0 Å². The van der Waals surface area contributed by atoms with Crippen molar-refractivity contribution in [2.75, 3.05) is 18.5 Å². The summed E-state index contributed by atoms with van der Waals surface area (Å²) < 4.78 is 19.0. The number of benzene rings is 1. The first-order valence-corrected chi connectivity index (χ1v) is 5.45. The highest BCUT2D eigenvalue weighted by Crippen LogP contribution is 2.27. The van der Waals surface area contributed by atoms with E-state index in [1.165, 1.54) is 6.07 Å². The lowest BCUT2D eigenvalue weighted by molar-refractivity contribution is 0.457. The van der Waals surface area contributed by atoms with Gasteiger partial charge in [-0.25, -0.2) is 4.39 Å². The fourth-order valence-electron chi connectivity index (χ4n) is 1.85. The number of nitrogens with two attached hydrogens (primary N) is 1. The average molecular weight is 234 g/mol. The van der Waals surface area contributed by atoms with Crippen LogP contribution >= 0.6 is 0 Å². The third kappa shape index (κ3) is 2.31. The van der Waals surface area contributed by atoms with Gasteiger partial charge in [0.1, 0.15) is 11.6 Å². The fraction of sp³-hybridized carbons (Fsp3) is 0.231. The summed E-state index contributed by atoms with van der Waals surface area (Å²) in [6.07, 6.45) is 1.59. The Hall–Kier alpha value is -1.81. The zero-order valence-corrected chi connectivity index (χ0v) is 9.64. The minimum Gasteiger partial charge on any atom is -0.467 e. The van der Waals surface area contributed by atoms with Crippen LogP contribution in [0.25, 0.3) is 0 Å². The van der Waals surface area contributed by atoms with Gasteiger partial charge in [-0.2, -0.15) is 0 Å². The third-order valence-electron chi connectivity index (χ3n) is 2.79. The van der Waals surface area contributed by atoms with Crippen LogP contribution in [-0.4, -0.2) is 13.6 Å². The zero-order valence-electron chi connectivity index (χ0n) is 9.64. The van der Waals surface area contributed by atoms with Crippen LogP contribution in [0, 0.1) is 5.82 Å². The number of nitrogens with zero attached hydrogens (tertiary/aromatic N) is 1. The molecule has 0 spiro atoms. The predicted molar refractivity (Wildman–Crippen MR) is 65.3 cm³/mol. The molecule has 2 N–H and O–H groups in total. The van der Waals surface area contributed by atoms with Gasteiger partial charge in [0.05, 0.1) is 18.0 Å². The molecule has 0 fully saturated rings. The second-order valence-electron chi connectivity index (χ2n) is 3.83. The van der Waals surface area contributed by atoms with Crippen molar-refractivity contribution in [2.45, 2.75) is 6.04 Å². The fourth-order valence-corrected chi connectivity index (χ4v) is 1.85. The standard InChI is InChI=1S/C13H15FN2O/c1-16(11-6-3-2-5-10(11)14)12(9-15)13-7-4-8-17-13/h2-8,12H,9,15H2,1H3. The van der Waals surface area contributed by atoms with Gasteiger partial charge in [-0.1, -0.05) is 12.1 Å². The number of rotatable bonds is 4. The second-order valence-corrected chi connectivity index (χ2v) is 3.83. The molecule has 1 aromatic heterocycles. The minimum absolute atomic E-state index is 0.165. The smallest absolute Gasteiger partial charge is 0.146 e. The van der Waals surface area contributed by atoms with E-state index in [-0.39, 0.29) is 11.9 Å². The summed E-state index contributed by atoms with van der Waals surface area (Å²) in [5, 5.41) is 0. The Morgan fingerprint density at radius 1 is 1.29 bits per heavy atom. The van der Waals surface area contributed by atoms with Crippen molar-refractivity contribution in [1.29, 1.82) is 0 Å². The Bertz CT molecular complexity index is 470. The van der Waals surface area contributed by atoms with Crippen molar-refractivity contribution in [3.05, 3.63) is 54.2 Å². The van der Waals surface area contributed by atoms with Crippen molar-refractivity contribution in [1.82, 2.24) is 0 Å². The molecule has 0 radical (unpaired) electrons. The largest absolute Gasteiger partial charge is 0.467 e. The summed E-state index contributed by atoms with van der Waals surface area (Å²) in [6.45, 7) is 0.359. The van der Waals surface area contributed by atoms with Crippen LogP contribution in [0.5, 0.6) is 0 Å². The van der Waals surface area contributed by atoms with Crippen LogP contribution in [0.15, 0.2) is 47.1 Å². The summed E-state index contributed by atoms with van der Waals surface area (Å²) in [4.78, 5) is 1.79. The van der Waals surface area contributed by atoms with Crippen LogP contribution in [0.1, 0.15) is 11.8 Å². The SMILES string of the molecule is CN(c1ccccc1F)C(CN)c1ccco1. The Kier molecular flexibility index (Phi) is 3.44. The Morgan fingerprint density at radius 3 is 2.65 bits per heavy atom. The van der Waals surface area contributed by atoms with Crippen molar-refractivity contribution in [3.8, 4) is 0 Å². The molecule has 2 aromatic rings. The zero-order chi connectivity index (χ0) is 12.3. The maximum Gasteiger partial charge on any atom is 0.146 e. The number of hydrogen-bond acceptors (Lipinski definition) is 3. The molecule has 0 saturated carbocycles. The lowest BCUT2D eigenvalue weighted by atomic mass is 10.1. The van der Waals surface area contributed by atoms with Gasteiger partial charge in [0.2, 0.25) is 0 Å². The molecule has 17 heavy (non-hydrogen) atoms. The van der Waals surface area contributed by atoms with E-state index in [0.717, 1.165) is 5.76 Å². The second kappa shape index (κ2) is 5.01. The normalized spacial score (nSPS) is 12.4. The van der Waals surface area contributed by atoms with E-state index in [9.17, 15) is 4.39 Å². The molecule has 1 heterocycles. The average Bonchev–Trinajstić information content (AvgIpc) is 2.84. The molecule has 0 aliphatic carbocycles. The van der Waals surface area contributed by atoms with Gasteiger partial charge in [0.25, 0.3) is 0 Å². The molecular formula is C13H15FN2O.